The largest absolute Gasteiger partial charge is 0.319 e. The van der Waals surface area contributed by atoms with Gasteiger partial charge in [-0.1, -0.05) is 146 Å². The number of benzene rings is 8. The topological polar surface area (TPSA) is 63.8 Å². The lowest BCUT2D eigenvalue weighted by Gasteiger charge is -2.21. The van der Waals surface area contributed by atoms with Crippen LogP contribution < -0.4 is 0 Å². The summed E-state index contributed by atoms with van der Waals surface area (Å²) >= 11 is 0. The van der Waals surface area contributed by atoms with E-state index < -0.39 is 0 Å². The Balaban J connectivity index is 1.12. The van der Waals surface area contributed by atoms with E-state index in [4.69, 9.17) is 9.97 Å². The fourth-order valence-corrected chi connectivity index (χ4v) is 9.81. The Kier molecular flexibility index (Phi) is 9.38. The molecule has 312 valence electrons. The molecule has 0 N–H and O–H groups in total. The van der Waals surface area contributed by atoms with Crippen LogP contribution in [0.1, 0.15) is 11.1 Å². The van der Waals surface area contributed by atoms with Crippen LogP contribution in [0.2, 0.25) is 0 Å². The zero-order valence-electron chi connectivity index (χ0n) is 36.4. The van der Waals surface area contributed by atoms with Crippen molar-refractivity contribution in [2.75, 3.05) is 0 Å². The third kappa shape index (κ3) is 6.64. The maximum absolute atomic E-state index is 10.2. The van der Waals surface area contributed by atoms with E-state index in [1.54, 1.807) is 0 Å². The lowest BCUT2D eigenvalue weighted by Crippen LogP contribution is -2.03. The zero-order chi connectivity index (χ0) is 45.0. The van der Waals surface area contributed by atoms with Gasteiger partial charge in [-0.25, -0.2) is 4.85 Å². The van der Waals surface area contributed by atoms with Crippen LogP contribution >= 0.6 is 0 Å². The molecule has 4 heterocycles. The molecular weight excluding hydrogens is 817 g/mol. The van der Waals surface area contributed by atoms with Gasteiger partial charge in [-0.05, 0) is 89.3 Å². The second-order valence-corrected chi connectivity index (χ2v) is 16.9. The molecule has 0 spiro atoms. The highest BCUT2D eigenvalue weighted by Gasteiger charge is 2.25. The van der Waals surface area contributed by atoms with Gasteiger partial charge >= 0.3 is 0 Å². The highest BCUT2D eigenvalue weighted by atomic mass is 15.1. The minimum Gasteiger partial charge on any atom is -0.319 e. The third-order valence-electron chi connectivity index (χ3n) is 12.9. The SMILES string of the molecule is [C-]#[N+]c1c(-n2c3ccccc3c3ccc(-c4ccc(-c5ccccc5)nc4)cc32)ccc(-c2cc(C)cc(C#N)c2)c1-n1c2ccccc2c2ccc(-c3ccc(-c4ccccc4)nc3)cc21. The van der Waals surface area contributed by atoms with Crippen LogP contribution in [0.4, 0.5) is 5.69 Å². The van der Waals surface area contributed by atoms with E-state index in [9.17, 15) is 11.8 Å². The number of para-hydroxylation sites is 2. The van der Waals surface area contributed by atoms with Crippen molar-refractivity contribution in [1.82, 2.24) is 19.1 Å². The summed E-state index contributed by atoms with van der Waals surface area (Å²) in [6.45, 7) is 11.2. The average Bonchev–Trinajstić information content (AvgIpc) is 3.90. The molecule has 0 aliphatic rings. The molecule has 6 nitrogen and oxygen atoms in total. The molecule has 0 radical (unpaired) electrons. The van der Waals surface area contributed by atoms with Crippen molar-refractivity contribution < 1.29 is 0 Å². The lowest BCUT2D eigenvalue weighted by molar-refractivity contribution is 1.14. The van der Waals surface area contributed by atoms with Gasteiger partial charge in [0.1, 0.15) is 0 Å². The van der Waals surface area contributed by atoms with Gasteiger partial charge in [-0.2, -0.15) is 5.26 Å². The number of fused-ring (bicyclic) bond motifs is 6. The number of nitrogens with zero attached hydrogens (tertiary/aromatic N) is 6. The maximum atomic E-state index is 10.2. The van der Waals surface area contributed by atoms with Gasteiger partial charge in [-0.15, -0.1) is 0 Å². The highest BCUT2D eigenvalue weighted by molar-refractivity contribution is 6.13. The lowest BCUT2D eigenvalue weighted by atomic mass is 9.97. The smallest absolute Gasteiger partial charge is 0.234 e. The summed E-state index contributed by atoms with van der Waals surface area (Å²) in [4.78, 5) is 14.3. The molecule has 0 aliphatic carbocycles. The van der Waals surface area contributed by atoms with Crippen molar-refractivity contribution in [3.63, 3.8) is 0 Å². The second-order valence-electron chi connectivity index (χ2n) is 16.9. The van der Waals surface area contributed by atoms with E-state index in [1.807, 2.05) is 67.8 Å². The minimum absolute atomic E-state index is 0.487. The molecule has 0 saturated heterocycles. The molecule has 0 saturated carbocycles. The Morgan fingerprint density at radius 1 is 0.448 bits per heavy atom. The number of pyridine rings is 2. The summed E-state index contributed by atoms with van der Waals surface area (Å²) in [7, 11) is 0. The Morgan fingerprint density at radius 2 is 0.955 bits per heavy atom. The first kappa shape index (κ1) is 39.2. The van der Waals surface area contributed by atoms with Crippen LogP contribution in [0, 0.1) is 24.8 Å². The normalized spacial score (nSPS) is 11.3. The highest BCUT2D eigenvalue weighted by Crippen LogP contribution is 2.47. The van der Waals surface area contributed by atoms with Crippen molar-refractivity contribution in [2.45, 2.75) is 6.92 Å². The van der Waals surface area contributed by atoms with E-state index in [1.165, 1.54) is 0 Å². The monoisotopic (exact) mass is 854 g/mol. The summed E-state index contributed by atoms with van der Waals surface area (Å²) in [6, 6.07) is 71.3. The zero-order valence-corrected chi connectivity index (χ0v) is 36.4. The fraction of sp³-hybridized carbons (Fsp3) is 0.0164. The van der Waals surface area contributed by atoms with Crippen LogP contribution in [-0.4, -0.2) is 19.1 Å². The Bertz CT molecular complexity index is 3980. The minimum atomic E-state index is 0.487. The van der Waals surface area contributed by atoms with Crippen LogP contribution in [0.15, 0.2) is 213 Å². The molecule has 4 aromatic heterocycles. The molecule has 12 aromatic rings. The van der Waals surface area contributed by atoms with Crippen molar-refractivity contribution in [2.24, 2.45) is 0 Å². The fourth-order valence-electron chi connectivity index (χ4n) is 9.81. The Morgan fingerprint density at radius 3 is 1.49 bits per heavy atom. The molecule has 0 bridgehead atoms. The number of aromatic nitrogens is 4. The molecule has 0 aliphatic heterocycles. The second kappa shape index (κ2) is 16.0. The molecule has 0 amide bonds. The van der Waals surface area contributed by atoms with Gasteiger partial charge in [-0.3, -0.25) is 9.97 Å². The number of rotatable bonds is 7. The standard InChI is InChI=1S/C61H38N6/c1-39-31-40(36-62)33-47(32-39)48-27-30-57(66-55-19-11-9-17-49(55)51-25-21-43(34-58(51)66)45-23-28-53(64-37-45)41-13-5-3-6-14-41)60(63-2)61(48)67-56-20-12-10-18-50(56)52-26-22-44(35-59(52)67)46-24-29-54(65-38-46)42-15-7-4-8-16-42/h3-35,37-38H,1H3. The van der Waals surface area contributed by atoms with Crippen LogP contribution in [0.5, 0.6) is 0 Å². The molecule has 0 fully saturated rings. The molecular formula is C61H38N6. The first-order valence-electron chi connectivity index (χ1n) is 22.2. The van der Waals surface area contributed by atoms with Crippen molar-refractivity contribution >= 4 is 49.3 Å². The molecule has 12 rings (SSSR count). The van der Waals surface area contributed by atoms with E-state index in [-0.39, 0.29) is 0 Å². The Labute approximate surface area is 387 Å². The number of hydrogen-bond donors (Lipinski definition) is 0. The number of nitriles is 1. The van der Waals surface area contributed by atoms with E-state index in [0.29, 0.717) is 11.3 Å². The number of hydrogen-bond acceptors (Lipinski definition) is 3. The van der Waals surface area contributed by atoms with Gasteiger partial charge < -0.3 is 9.13 Å². The molecule has 6 heteroatoms. The predicted molar refractivity (Wildman–Crippen MR) is 274 cm³/mol. The van der Waals surface area contributed by atoms with Gasteiger partial charge in [0.25, 0.3) is 0 Å². The van der Waals surface area contributed by atoms with Crippen molar-refractivity contribution in [3.05, 3.63) is 235 Å². The summed E-state index contributed by atoms with van der Waals surface area (Å²) < 4.78 is 4.51. The Hall–Kier alpha value is -9.36. The maximum Gasteiger partial charge on any atom is 0.234 e. The number of aryl methyl sites for hydroxylation is 1. The van der Waals surface area contributed by atoms with E-state index >= 15 is 0 Å². The van der Waals surface area contributed by atoms with Crippen molar-refractivity contribution in [3.8, 4) is 73.3 Å². The van der Waals surface area contributed by atoms with Gasteiger partial charge in [0.2, 0.25) is 5.69 Å². The van der Waals surface area contributed by atoms with E-state index in [0.717, 1.165) is 116 Å². The summed E-state index contributed by atoms with van der Waals surface area (Å²) in [5.74, 6) is 0. The van der Waals surface area contributed by atoms with Crippen LogP contribution in [-0.2, 0) is 0 Å². The molecule has 8 aromatic carbocycles. The van der Waals surface area contributed by atoms with Gasteiger partial charge in [0.15, 0.2) is 0 Å². The summed E-state index contributed by atoms with van der Waals surface area (Å²) in [5.41, 5.74) is 17.1. The predicted octanol–water partition coefficient (Wildman–Crippen LogP) is 15.7. The quantitative estimate of drug-likeness (QED) is 0.150. The summed E-state index contributed by atoms with van der Waals surface area (Å²) in [5, 5.41) is 14.5. The third-order valence-corrected chi connectivity index (χ3v) is 12.9. The molecule has 0 unspecified atom stereocenters. The van der Waals surface area contributed by atoms with E-state index in [2.05, 4.69) is 172 Å². The first-order chi connectivity index (χ1) is 33.0. The summed E-state index contributed by atoms with van der Waals surface area (Å²) in [6.07, 6.45) is 3.88. The van der Waals surface area contributed by atoms with Crippen molar-refractivity contribution in [1.29, 1.82) is 5.26 Å². The molecule has 67 heavy (non-hydrogen) atoms. The van der Waals surface area contributed by atoms with Crippen LogP contribution in [0.3, 0.4) is 0 Å². The molecule has 0 atom stereocenters. The van der Waals surface area contributed by atoms with Gasteiger partial charge in [0.05, 0.1) is 63.0 Å². The average molecular weight is 855 g/mol. The van der Waals surface area contributed by atoms with Crippen LogP contribution in [0.25, 0.3) is 116 Å². The van der Waals surface area contributed by atoms with Gasteiger partial charge in [0, 0.05) is 56.2 Å². The first-order valence-corrected chi connectivity index (χ1v) is 22.2.